The van der Waals surface area contributed by atoms with Crippen molar-refractivity contribution < 1.29 is 27.1 Å². The van der Waals surface area contributed by atoms with E-state index < -0.39 is 46.8 Å². The van der Waals surface area contributed by atoms with Crippen LogP contribution in [0.1, 0.15) is 16.7 Å². The van der Waals surface area contributed by atoms with Crippen LogP contribution in [-0.4, -0.2) is 50.3 Å². The molecule has 11 heteroatoms. The molecule has 2 amide bonds. The van der Waals surface area contributed by atoms with Gasteiger partial charge < -0.3 is 15.0 Å². The van der Waals surface area contributed by atoms with E-state index in [0.29, 0.717) is 24.4 Å². The van der Waals surface area contributed by atoms with Crippen LogP contribution in [0.4, 0.5) is 10.1 Å². The third-order valence-corrected chi connectivity index (χ3v) is 9.45. The first-order valence-corrected chi connectivity index (χ1v) is 15.8. The van der Waals surface area contributed by atoms with Gasteiger partial charge in [0.2, 0.25) is 15.9 Å². The number of carbonyl (C=O) groups excluding carboxylic acids is 2. The molecular formula is C33H31ClFN3O5S. The first-order chi connectivity index (χ1) is 21.1. The summed E-state index contributed by atoms with van der Waals surface area (Å²) in [6.07, 6.45) is -0.420. The molecular weight excluding hydrogens is 605 g/mol. The molecule has 228 valence electrons. The number of rotatable bonds is 10. The number of amides is 2. The van der Waals surface area contributed by atoms with Gasteiger partial charge in [-0.05, 0) is 55.3 Å². The number of halogens is 2. The molecule has 0 aromatic heterocycles. The maximum absolute atomic E-state index is 14.8. The lowest BCUT2D eigenvalue weighted by molar-refractivity contribution is -0.128. The molecule has 1 aliphatic rings. The van der Waals surface area contributed by atoms with E-state index in [4.69, 9.17) is 16.3 Å². The van der Waals surface area contributed by atoms with E-state index in [1.807, 2.05) is 37.3 Å². The van der Waals surface area contributed by atoms with Crippen molar-refractivity contribution in [3.8, 4) is 5.75 Å². The van der Waals surface area contributed by atoms with E-state index in [-0.39, 0.29) is 22.0 Å². The summed E-state index contributed by atoms with van der Waals surface area (Å²) in [4.78, 5) is 28.4. The largest absolute Gasteiger partial charge is 0.477 e. The van der Waals surface area contributed by atoms with Gasteiger partial charge in [-0.25, -0.2) is 12.8 Å². The summed E-state index contributed by atoms with van der Waals surface area (Å²) < 4.78 is 49.4. The average Bonchev–Trinajstić information content (AvgIpc) is 3.02. The maximum Gasteiger partial charge on any atom is 0.262 e. The Morgan fingerprint density at radius 2 is 1.68 bits per heavy atom. The molecule has 5 rings (SSSR count). The molecule has 0 spiro atoms. The van der Waals surface area contributed by atoms with Crippen molar-refractivity contribution in [2.45, 2.75) is 30.9 Å². The maximum atomic E-state index is 14.8. The zero-order valence-corrected chi connectivity index (χ0v) is 25.5. The van der Waals surface area contributed by atoms with Crippen molar-refractivity contribution in [1.29, 1.82) is 0 Å². The Morgan fingerprint density at radius 3 is 2.41 bits per heavy atom. The monoisotopic (exact) mass is 635 g/mol. The standard InChI is InChI=1S/C33H31ClFN3O5S/c1-23-14-16-25(17-15-23)44(41,42)37(20-26-27(34)10-7-11-28(26)35)22-32(39)38-21-31(43-30-13-6-5-12-29(30)38)33(40)36-19-18-24-8-3-2-4-9-24/h2-17,31H,18-22H2,1H3,(H,36,40). The third-order valence-electron chi connectivity index (χ3n) is 7.29. The van der Waals surface area contributed by atoms with E-state index in [1.165, 1.54) is 35.2 Å². The number of fused-ring (bicyclic) bond motifs is 1. The van der Waals surface area contributed by atoms with Crippen LogP contribution in [0.25, 0.3) is 0 Å². The number of nitrogens with zero attached hydrogens (tertiary/aromatic N) is 2. The lowest BCUT2D eigenvalue weighted by Gasteiger charge is -2.35. The highest BCUT2D eigenvalue weighted by atomic mass is 35.5. The van der Waals surface area contributed by atoms with Gasteiger partial charge in [-0.15, -0.1) is 0 Å². The predicted octanol–water partition coefficient (Wildman–Crippen LogP) is 5.13. The summed E-state index contributed by atoms with van der Waals surface area (Å²) in [5, 5.41) is 2.90. The molecule has 1 aliphatic heterocycles. The molecule has 0 saturated carbocycles. The second-order valence-electron chi connectivity index (χ2n) is 10.4. The fraction of sp³-hybridized carbons (Fsp3) is 0.212. The van der Waals surface area contributed by atoms with Gasteiger partial charge in [0.1, 0.15) is 11.6 Å². The molecule has 4 aromatic rings. The number of benzene rings is 4. The number of sulfonamides is 1. The van der Waals surface area contributed by atoms with E-state index >= 15 is 0 Å². The number of para-hydroxylation sites is 2. The number of hydrogen-bond donors (Lipinski definition) is 1. The molecule has 0 bridgehead atoms. The van der Waals surface area contributed by atoms with Crippen LogP contribution >= 0.6 is 11.6 Å². The number of aryl methyl sites for hydroxylation is 1. The highest BCUT2D eigenvalue weighted by Gasteiger charge is 2.36. The fourth-order valence-electron chi connectivity index (χ4n) is 4.88. The molecule has 4 aromatic carbocycles. The number of hydrogen-bond acceptors (Lipinski definition) is 5. The van der Waals surface area contributed by atoms with Crippen LogP contribution in [0, 0.1) is 12.7 Å². The summed E-state index contributed by atoms with van der Waals surface area (Å²) >= 11 is 6.26. The lowest BCUT2D eigenvalue weighted by atomic mass is 10.1. The van der Waals surface area contributed by atoms with Crippen LogP contribution in [0.15, 0.2) is 102 Å². The van der Waals surface area contributed by atoms with Gasteiger partial charge in [0.25, 0.3) is 5.91 Å². The van der Waals surface area contributed by atoms with Crippen LogP contribution in [0.5, 0.6) is 5.75 Å². The average molecular weight is 636 g/mol. The van der Waals surface area contributed by atoms with Crippen LogP contribution < -0.4 is 15.0 Å². The summed E-state index contributed by atoms with van der Waals surface area (Å²) in [6, 6.07) is 26.6. The van der Waals surface area contributed by atoms with E-state index in [9.17, 15) is 22.4 Å². The lowest BCUT2D eigenvalue weighted by Crippen LogP contribution is -2.53. The number of carbonyl (C=O) groups is 2. The summed E-state index contributed by atoms with van der Waals surface area (Å²) in [7, 11) is -4.28. The van der Waals surface area contributed by atoms with E-state index in [1.54, 1.807) is 36.4 Å². The Hall–Kier alpha value is -4.25. The number of nitrogens with one attached hydrogen (secondary N) is 1. The van der Waals surface area contributed by atoms with Crippen molar-refractivity contribution in [2.75, 3.05) is 24.5 Å². The van der Waals surface area contributed by atoms with Gasteiger partial charge >= 0.3 is 0 Å². The quantitative estimate of drug-likeness (QED) is 0.261. The topological polar surface area (TPSA) is 96.0 Å². The van der Waals surface area contributed by atoms with Gasteiger partial charge in [-0.1, -0.05) is 77.8 Å². The SMILES string of the molecule is Cc1ccc(S(=O)(=O)N(CC(=O)N2CC(C(=O)NCCc3ccccc3)Oc3ccccc32)Cc2c(F)cccc2Cl)cc1. The first-order valence-electron chi connectivity index (χ1n) is 14.0. The molecule has 0 fully saturated rings. The summed E-state index contributed by atoms with van der Waals surface area (Å²) in [6.45, 7) is 0.914. The molecule has 1 atom stereocenters. The minimum atomic E-state index is -4.28. The molecule has 8 nitrogen and oxygen atoms in total. The molecule has 1 unspecified atom stereocenters. The van der Waals surface area contributed by atoms with Crippen LogP contribution in [0.3, 0.4) is 0 Å². The number of ether oxygens (including phenoxy) is 1. The number of anilines is 1. The first kappa shape index (κ1) is 31.2. The van der Waals surface area contributed by atoms with Crippen molar-refractivity contribution in [1.82, 2.24) is 9.62 Å². The van der Waals surface area contributed by atoms with E-state index in [2.05, 4.69) is 5.32 Å². The molecule has 1 heterocycles. The van der Waals surface area contributed by atoms with Gasteiger partial charge in [0.05, 0.1) is 23.7 Å². The normalized spacial score (nSPS) is 14.5. The molecule has 0 saturated heterocycles. The van der Waals surface area contributed by atoms with Crippen molar-refractivity contribution in [3.05, 3.63) is 125 Å². The molecule has 0 aliphatic carbocycles. The summed E-state index contributed by atoms with van der Waals surface area (Å²) in [5.41, 5.74) is 2.24. The Morgan fingerprint density at radius 1 is 0.977 bits per heavy atom. The van der Waals surface area contributed by atoms with Crippen LogP contribution in [-0.2, 0) is 32.6 Å². The van der Waals surface area contributed by atoms with Crippen molar-refractivity contribution >= 4 is 39.1 Å². The Bertz CT molecular complexity index is 1730. The molecule has 1 N–H and O–H groups in total. The highest BCUT2D eigenvalue weighted by Crippen LogP contribution is 2.34. The highest BCUT2D eigenvalue weighted by molar-refractivity contribution is 7.89. The second-order valence-corrected chi connectivity index (χ2v) is 12.7. The predicted molar refractivity (Wildman–Crippen MR) is 167 cm³/mol. The molecule has 44 heavy (non-hydrogen) atoms. The zero-order valence-electron chi connectivity index (χ0n) is 24.0. The smallest absolute Gasteiger partial charge is 0.262 e. The fourth-order valence-corrected chi connectivity index (χ4v) is 6.46. The van der Waals surface area contributed by atoms with E-state index in [0.717, 1.165) is 15.4 Å². The van der Waals surface area contributed by atoms with Gasteiger partial charge in [-0.2, -0.15) is 4.31 Å². The Kier molecular flexibility index (Phi) is 9.63. The van der Waals surface area contributed by atoms with Crippen LogP contribution in [0.2, 0.25) is 5.02 Å². The molecule has 0 radical (unpaired) electrons. The second kappa shape index (κ2) is 13.6. The van der Waals surface area contributed by atoms with Crippen molar-refractivity contribution in [2.24, 2.45) is 0 Å². The van der Waals surface area contributed by atoms with Crippen molar-refractivity contribution in [3.63, 3.8) is 0 Å². The summed E-state index contributed by atoms with van der Waals surface area (Å²) in [5.74, 6) is -1.42. The minimum Gasteiger partial charge on any atom is -0.477 e. The van der Waals surface area contributed by atoms with Gasteiger partial charge in [0.15, 0.2) is 6.10 Å². The third kappa shape index (κ3) is 7.10. The van der Waals surface area contributed by atoms with Gasteiger partial charge in [0, 0.05) is 23.7 Å². The zero-order chi connectivity index (χ0) is 31.3. The van der Waals surface area contributed by atoms with Gasteiger partial charge in [-0.3, -0.25) is 9.59 Å². The minimum absolute atomic E-state index is 0.0329. The Balaban J connectivity index is 1.40. The Labute approximate surface area is 261 Å².